The number of rotatable bonds is 10. The van der Waals surface area contributed by atoms with Crippen molar-refractivity contribution in [1.29, 1.82) is 0 Å². The van der Waals surface area contributed by atoms with Gasteiger partial charge < -0.3 is 15.2 Å². The third-order valence-electron chi connectivity index (χ3n) is 4.23. The highest BCUT2D eigenvalue weighted by molar-refractivity contribution is 6.18. The number of aromatic nitrogens is 2. The zero-order chi connectivity index (χ0) is 20.5. The minimum Gasteiger partial charge on any atom is -0.492 e. The second-order valence-electron chi connectivity index (χ2n) is 6.44. The number of hydrogen-bond acceptors (Lipinski definition) is 5. The Kier molecular flexibility index (Phi) is 7.55. The summed E-state index contributed by atoms with van der Waals surface area (Å²) in [6.07, 6.45) is 4.28. The molecule has 0 amide bonds. The van der Waals surface area contributed by atoms with Crippen molar-refractivity contribution in [3.8, 4) is 16.9 Å². The van der Waals surface area contributed by atoms with E-state index in [4.69, 9.17) is 21.4 Å². The zero-order valence-corrected chi connectivity index (χ0v) is 16.6. The van der Waals surface area contributed by atoms with Crippen LogP contribution in [0.3, 0.4) is 0 Å². The highest BCUT2D eigenvalue weighted by Gasteiger charge is 2.04. The van der Waals surface area contributed by atoms with Crippen LogP contribution in [0.2, 0.25) is 0 Å². The van der Waals surface area contributed by atoms with Crippen LogP contribution in [0.25, 0.3) is 11.1 Å². The van der Waals surface area contributed by atoms with Gasteiger partial charge in [-0.3, -0.25) is 4.79 Å². The number of carboxylic acid groups (broad SMARTS) is 1. The van der Waals surface area contributed by atoms with Gasteiger partial charge in [-0.05, 0) is 28.8 Å². The van der Waals surface area contributed by atoms with Crippen LogP contribution in [0.4, 0.5) is 0 Å². The van der Waals surface area contributed by atoms with Gasteiger partial charge in [0.1, 0.15) is 18.2 Å². The first-order chi connectivity index (χ1) is 14.1. The van der Waals surface area contributed by atoms with Crippen molar-refractivity contribution in [3.05, 3.63) is 77.9 Å². The highest BCUT2D eigenvalue weighted by Crippen LogP contribution is 2.19. The van der Waals surface area contributed by atoms with E-state index in [2.05, 4.69) is 15.3 Å². The molecule has 2 aromatic carbocycles. The Morgan fingerprint density at radius 2 is 1.62 bits per heavy atom. The molecule has 29 heavy (non-hydrogen) atoms. The number of carbonyl (C=O) groups is 1. The Bertz CT molecular complexity index is 914. The van der Waals surface area contributed by atoms with Gasteiger partial charge in [0.05, 0.1) is 12.4 Å². The summed E-state index contributed by atoms with van der Waals surface area (Å²) >= 11 is 5.62. The van der Waals surface area contributed by atoms with Crippen molar-refractivity contribution < 1.29 is 14.6 Å². The molecule has 0 aliphatic carbocycles. The number of ether oxygens (including phenoxy) is 1. The molecule has 150 valence electrons. The average Bonchev–Trinajstić information content (AvgIpc) is 2.74. The van der Waals surface area contributed by atoms with E-state index in [1.54, 1.807) is 0 Å². The summed E-state index contributed by atoms with van der Waals surface area (Å²) in [7, 11) is 0. The molecule has 1 heterocycles. The SMILES string of the molecule is O=C(O)CNCc1ccc(-c2cnc(Cc3ccc(OCCCl)cc3)nc2)cc1. The largest absolute Gasteiger partial charge is 0.492 e. The van der Waals surface area contributed by atoms with Gasteiger partial charge in [-0.2, -0.15) is 0 Å². The van der Waals surface area contributed by atoms with E-state index >= 15 is 0 Å². The summed E-state index contributed by atoms with van der Waals surface area (Å²) in [6, 6.07) is 15.7. The third kappa shape index (κ3) is 6.55. The maximum atomic E-state index is 10.5. The van der Waals surface area contributed by atoms with Crippen molar-refractivity contribution in [2.75, 3.05) is 19.0 Å². The Hall–Kier alpha value is -2.96. The standard InChI is InChI=1S/C22H22ClN3O3/c23-9-10-29-20-7-3-16(4-8-20)11-21-25-13-19(14-26-21)18-5-1-17(2-6-18)12-24-15-22(27)28/h1-8,13-14,24H,9-12,15H2,(H,27,28). The van der Waals surface area contributed by atoms with Crippen molar-refractivity contribution in [1.82, 2.24) is 15.3 Å². The predicted octanol–water partition coefficient (Wildman–Crippen LogP) is 3.53. The first-order valence-corrected chi connectivity index (χ1v) is 9.78. The Labute approximate surface area is 174 Å². The van der Waals surface area contributed by atoms with Gasteiger partial charge in [-0.15, -0.1) is 11.6 Å². The molecule has 0 atom stereocenters. The summed E-state index contributed by atoms with van der Waals surface area (Å²) in [5.41, 5.74) is 4.07. The number of aliphatic carboxylic acids is 1. The Morgan fingerprint density at radius 3 is 2.24 bits per heavy atom. The van der Waals surface area contributed by atoms with Crippen LogP contribution in [0.5, 0.6) is 5.75 Å². The van der Waals surface area contributed by atoms with Gasteiger partial charge in [0.2, 0.25) is 0 Å². The lowest BCUT2D eigenvalue weighted by atomic mass is 10.1. The number of nitrogens with zero attached hydrogens (tertiary/aromatic N) is 2. The molecular formula is C22H22ClN3O3. The van der Waals surface area contributed by atoms with Crippen LogP contribution in [0, 0.1) is 0 Å². The smallest absolute Gasteiger partial charge is 0.317 e. The first-order valence-electron chi connectivity index (χ1n) is 9.24. The zero-order valence-electron chi connectivity index (χ0n) is 15.8. The van der Waals surface area contributed by atoms with Gasteiger partial charge in [0.25, 0.3) is 0 Å². The van der Waals surface area contributed by atoms with E-state index in [-0.39, 0.29) is 6.54 Å². The minimum absolute atomic E-state index is 0.0553. The highest BCUT2D eigenvalue weighted by atomic mass is 35.5. The molecule has 0 spiro atoms. The van der Waals surface area contributed by atoms with E-state index in [1.807, 2.05) is 60.9 Å². The fourth-order valence-corrected chi connectivity index (χ4v) is 2.84. The van der Waals surface area contributed by atoms with Crippen molar-refractivity contribution >= 4 is 17.6 Å². The molecule has 3 aromatic rings. The number of carboxylic acids is 1. The van der Waals surface area contributed by atoms with Gasteiger partial charge in [-0.25, -0.2) is 9.97 Å². The molecule has 0 fully saturated rings. The molecule has 0 unspecified atom stereocenters. The Morgan fingerprint density at radius 1 is 0.966 bits per heavy atom. The van der Waals surface area contributed by atoms with E-state index in [1.165, 1.54) is 0 Å². The van der Waals surface area contributed by atoms with E-state index in [0.29, 0.717) is 25.5 Å². The molecule has 0 bridgehead atoms. The van der Waals surface area contributed by atoms with Crippen LogP contribution in [0.15, 0.2) is 60.9 Å². The van der Waals surface area contributed by atoms with E-state index < -0.39 is 5.97 Å². The van der Waals surface area contributed by atoms with Gasteiger partial charge in [0.15, 0.2) is 0 Å². The minimum atomic E-state index is -0.866. The molecule has 3 rings (SSSR count). The molecule has 6 nitrogen and oxygen atoms in total. The lowest BCUT2D eigenvalue weighted by Crippen LogP contribution is -2.21. The van der Waals surface area contributed by atoms with Crippen LogP contribution >= 0.6 is 11.6 Å². The second-order valence-corrected chi connectivity index (χ2v) is 6.82. The number of hydrogen-bond donors (Lipinski definition) is 2. The van der Waals surface area contributed by atoms with Crippen LogP contribution in [0.1, 0.15) is 17.0 Å². The van der Waals surface area contributed by atoms with Crippen molar-refractivity contribution in [3.63, 3.8) is 0 Å². The molecular weight excluding hydrogens is 390 g/mol. The van der Waals surface area contributed by atoms with Crippen molar-refractivity contribution in [2.24, 2.45) is 0 Å². The predicted molar refractivity (Wildman–Crippen MR) is 112 cm³/mol. The van der Waals surface area contributed by atoms with Crippen LogP contribution in [-0.4, -0.2) is 40.1 Å². The molecule has 0 saturated heterocycles. The van der Waals surface area contributed by atoms with Gasteiger partial charge >= 0.3 is 5.97 Å². The number of benzene rings is 2. The molecule has 0 aliphatic heterocycles. The normalized spacial score (nSPS) is 10.7. The van der Waals surface area contributed by atoms with Crippen LogP contribution in [-0.2, 0) is 17.8 Å². The lowest BCUT2D eigenvalue weighted by molar-refractivity contribution is -0.135. The molecule has 0 saturated carbocycles. The maximum absolute atomic E-state index is 10.5. The fourth-order valence-electron chi connectivity index (χ4n) is 2.77. The van der Waals surface area contributed by atoms with Crippen molar-refractivity contribution in [2.45, 2.75) is 13.0 Å². The Balaban J connectivity index is 1.57. The van der Waals surface area contributed by atoms with Crippen LogP contribution < -0.4 is 10.1 Å². The van der Waals surface area contributed by atoms with E-state index in [0.717, 1.165) is 33.8 Å². The summed E-state index contributed by atoms with van der Waals surface area (Å²) in [4.78, 5) is 19.5. The third-order valence-corrected chi connectivity index (χ3v) is 4.38. The van der Waals surface area contributed by atoms with Gasteiger partial charge in [0, 0.05) is 30.9 Å². The summed E-state index contributed by atoms with van der Waals surface area (Å²) in [5, 5.41) is 11.5. The quantitative estimate of drug-likeness (QED) is 0.496. The number of alkyl halides is 1. The number of nitrogens with one attached hydrogen (secondary N) is 1. The second kappa shape index (κ2) is 10.5. The number of halogens is 1. The molecule has 7 heteroatoms. The molecule has 1 aromatic heterocycles. The lowest BCUT2D eigenvalue weighted by Gasteiger charge is -2.07. The monoisotopic (exact) mass is 411 g/mol. The first kappa shape index (κ1) is 20.8. The van der Waals surface area contributed by atoms with E-state index in [9.17, 15) is 4.79 Å². The summed E-state index contributed by atoms with van der Waals surface area (Å²) < 4.78 is 5.47. The summed E-state index contributed by atoms with van der Waals surface area (Å²) in [5.74, 6) is 1.14. The molecule has 0 radical (unpaired) electrons. The topological polar surface area (TPSA) is 84.3 Å². The maximum Gasteiger partial charge on any atom is 0.317 e. The molecule has 0 aliphatic rings. The fraction of sp³-hybridized carbons (Fsp3) is 0.227. The van der Waals surface area contributed by atoms with Gasteiger partial charge in [-0.1, -0.05) is 36.4 Å². The summed E-state index contributed by atoms with van der Waals surface area (Å²) in [6.45, 7) is 0.948. The average molecular weight is 412 g/mol. The molecule has 2 N–H and O–H groups in total.